The van der Waals surface area contributed by atoms with E-state index in [-0.39, 0.29) is 23.6 Å². The number of rotatable bonds is 8. The number of nitrogens with zero attached hydrogens (tertiary/aromatic N) is 2. The lowest BCUT2D eigenvalue weighted by atomic mass is 10.2. The molecule has 0 aromatic heterocycles. The van der Waals surface area contributed by atoms with Gasteiger partial charge >= 0.3 is 5.97 Å². The maximum Gasteiger partial charge on any atom is 0.343 e. The summed E-state index contributed by atoms with van der Waals surface area (Å²) in [6.45, 7) is -0.261. The van der Waals surface area contributed by atoms with E-state index in [1.807, 2.05) is 0 Å². The Hall–Kier alpha value is -3.09. The lowest BCUT2D eigenvalue weighted by Crippen LogP contribution is -2.24. The standard InChI is InChI=1S/C22H14Br3N3O6/c23-15-9-18(24)21(19(25)10-15)33-12-20(29)27-26-11-13-2-1-3-17(8-13)34-22(30)14-4-6-16(7-5-14)28(31)32/h1-11H,12H2,(H,27,29). The van der Waals surface area contributed by atoms with Crippen LogP contribution in [-0.4, -0.2) is 29.6 Å². The fraction of sp³-hybridized carbons (Fsp3) is 0.0455. The molecule has 0 bridgehead atoms. The number of hydrogen-bond acceptors (Lipinski definition) is 7. The summed E-state index contributed by atoms with van der Waals surface area (Å²) >= 11 is 10.1. The van der Waals surface area contributed by atoms with Crippen LogP contribution in [0.5, 0.6) is 11.5 Å². The Morgan fingerprint density at radius 2 is 1.71 bits per heavy atom. The molecule has 3 aromatic rings. The van der Waals surface area contributed by atoms with Crippen molar-refractivity contribution < 1.29 is 24.0 Å². The van der Waals surface area contributed by atoms with Gasteiger partial charge in [0.2, 0.25) is 0 Å². The molecule has 0 aliphatic carbocycles. The number of carbonyl (C=O) groups excluding carboxylic acids is 2. The van der Waals surface area contributed by atoms with Crippen LogP contribution in [0.25, 0.3) is 0 Å². The largest absolute Gasteiger partial charge is 0.481 e. The Morgan fingerprint density at radius 3 is 2.35 bits per heavy atom. The zero-order valence-corrected chi connectivity index (χ0v) is 21.8. The van der Waals surface area contributed by atoms with Gasteiger partial charge in [0.05, 0.1) is 25.6 Å². The van der Waals surface area contributed by atoms with Crippen LogP contribution in [0.4, 0.5) is 5.69 Å². The van der Waals surface area contributed by atoms with E-state index >= 15 is 0 Å². The summed E-state index contributed by atoms with van der Waals surface area (Å²) in [4.78, 5) is 34.5. The molecular formula is C22H14Br3N3O6. The molecule has 0 heterocycles. The van der Waals surface area contributed by atoms with E-state index in [9.17, 15) is 19.7 Å². The number of ether oxygens (including phenoxy) is 2. The predicted octanol–water partition coefficient (Wildman–Crippen LogP) is 5.63. The van der Waals surface area contributed by atoms with Crippen molar-refractivity contribution in [2.45, 2.75) is 0 Å². The lowest BCUT2D eigenvalue weighted by molar-refractivity contribution is -0.384. The summed E-state index contributed by atoms with van der Waals surface area (Å²) in [5.41, 5.74) is 2.96. The molecule has 3 rings (SSSR count). The molecule has 0 aliphatic rings. The fourth-order valence-electron chi connectivity index (χ4n) is 2.56. The Balaban J connectivity index is 1.54. The number of nitrogens with one attached hydrogen (secondary N) is 1. The number of hydrazone groups is 1. The van der Waals surface area contributed by atoms with Gasteiger partial charge in [-0.1, -0.05) is 28.1 Å². The SMILES string of the molecule is O=C(COc1c(Br)cc(Br)cc1Br)NN=Cc1cccc(OC(=O)c2ccc([N+](=O)[O-])cc2)c1. The number of nitro benzene ring substituents is 1. The second-order valence-corrected chi connectivity index (χ2v) is 9.17. The van der Waals surface area contributed by atoms with E-state index in [1.54, 1.807) is 36.4 Å². The summed E-state index contributed by atoms with van der Waals surface area (Å²) in [5, 5.41) is 14.6. The first kappa shape index (κ1) is 25.5. The van der Waals surface area contributed by atoms with Crippen LogP contribution in [0.1, 0.15) is 15.9 Å². The Labute approximate surface area is 218 Å². The van der Waals surface area contributed by atoms with Crippen molar-refractivity contribution in [1.29, 1.82) is 0 Å². The molecule has 12 heteroatoms. The summed E-state index contributed by atoms with van der Waals surface area (Å²) in [6, 6.07) is 15.1. The number of hydrogen-bond donors (Lipinski definition) is 1. The first-order valence-electron chi connectivity index (χ1n) is 9.39. The summed E-state index contributed by atoms with van der Waals surface area (Å²) in [6.07, 6.45) is 1.38. The molecule has 0 fully saturated rings. The van der Waals surface area contributed by atoms with E-state index in [2.05, 4.69) is 58.3 Å². The normalized spacial score (nSPS) is 10.7. The van der Waals surface area contributed by atoms with Gasteiger partial charge in [0.25, 0.3) is 11.6 Å². The number of nitro groups is 1. The van der Waals surface area contributed by atoms with Crippen molar-refractivity contribution >= 4 is 71.6 Å². The summed E-state index contributed by atoms with van der Waals surface area (Å²) in [5.74, 6) is -0.421. The summed E-state index contributed by atoms with van der Waals surface area (Å²) in [7, 11) is 0. The van der Waals surface area contributed by atoms with Gasteiger partial charge in [0.1, 0.15) is 11.5 Å². The third-order valence-electron chi connectivity index (χ3n) is 4.10. The van der Waals surface area contributed by atoms with Gasteiger partial charge in [-0.15, -0.1) is 0 Å². The molecule has 0 saturated heterocycles. The lowest BCUT2D eigenvalue weighted by Gasteiger charge is -2.10. The molecule has 0 unspecified atom stereocenters. The van der Waals surface area contributed by atoms with Crippen LogP contribution in [0.3, 0.4) is 0 Å². The molecule has 0 spiro atoms. The Kier molecular flexibility index (Phi) is 8.91. The van der Waals surface area contributed by atoms with Crippen molar-refractivity contribution in [3.05, 3.63) is 95.3 Å². The highest BCUT2D eigenvalue weighted by atomic mass is 79.9. The molecule has 174 valence electrons. The van der Waals surface area contributed by atoms with Crippen molar-refractivity contribution in [3.8, 4) is 11.5 Å². The second kappa shape index (κ2) is 11.9. The van der Waals surface area contributed by atoms with Gasteiger partial charge in [-0.25, -0.2) is 10.2 Å². The third kappa shape index (κ3) is 7.20. The number of amides is 1. The van der Waals surface area contributed by atoms with Crippen molar-refractivity contribution in [2.24, 2.45) is 5.10 Å². The van der Waals surface area contributed by atoms with Crippen LogP contribution in [-0.2, 0) is 4.79 Å². The fourth-order valence-corrected chi connectivity index (χ4v) is 5.05. The van der Waals surface area contributed by atoms with Crippen LogP contribution in [0.2, 0.25) is 0 Å². The second-order valence-electron chi connectivity index (χ2n) is 6.55. The van der Waals surface area contributed by atoms with E-state index in [1.165, 1.54) is 30.5 Å². The molecule has 0 atom stereocenters. The van der Waals surface area contributed by atoms with E-state index < -0.39 is 16.8 Å². The number of halogens is 3. The topological polar surface area (TPSA) is 120 Å². The number of esters is 1. The molecule has 3 aromatic carbocycles. The quantitative estimate of drug-likeness (QED) is 0.110. The van der Waals surface area contributed by atoms with Crippen molar-refractivity contribution in [1.82, 2.24) is 5.43 Å². The monoisotopic (exact) mass is 653 g/mol. The van der Waals surface area contributed by atoms with Gasteiger partial charge in [-0.05, 0) is 73.8 Å². The minimum atomic E-state index is -0.667. The van der Waals surface area contributed by atoms with Crippen LogP contribution in [0, 0.1) is 10.1 Å². The molecule has 34 heavy (non-hydrogen) atoms. The van der Waals surface area contributed by atoms with Gasteiger partial charge in [-0.2, -0.15) is 5.10 Å². The zero-order chi connectivity index (χ0) is 24.7. The smallest absolute Gasteiger partial charge is 0.343 e. The third-order valence-corrected chi connectivity index (χ3v) is 5.73. The first-order valence-corrected chi connectivity index (χ1v) is 11.8. The van der Waals surface area contributed by atoms with Crippen LogP contribution >= 0.6 is 47.8 Å². The molecule has 0 aliphatic heterocycles. The molecular weight excluding hydrogens is 642 g/mol. The van der Waals surface area contributed by atoms with E-state index in [0.29, 0.717) is 20.3 Å². The molecule has 0 saturated carbocycles. The Bertz CT molecular complexity index is 1240. The first-order chi connectivity index (χ1) is 16.2. The van der Waals surface area contributed by atoms with Gasteiger partial charge < -0.3 is 9.47 Å². The van der Waals surface area contributed by atoms with Gasteiger partial charge in [-0.3, -0.25) is 14.9 Å². The minimum absolute atomic E-state index is 0.126. The summed E-state index contributed by atoms with van der Waals surface area (Å²) < 4.78 is 13.0. The zero-order valence-electron chi connectivity index (χ0n) is 17.0. The number of carbonyl (C=O) groups is 2. The molecule has 1 N–H and O–H groups in total. The van der Waals surface area contributed by atoms with Crippen molar-refractivity contribution in [3.63, 3.8) is 0 Å². The van der Waals surface area contributed by atoms with Gasteiger partial charge in [0.15, 0.2) is 6.61 Å². The van der Waals surface area contributed by atoms with Crippen LogP contribution in [0.15, 0.2) is 79.2 Å². The minimum Gasteiger partial charge on any atom is -0.481 e. The van der Waals surface area contributed by atoms with Crippen molar-refractivity contribution in [2.75, 3.05) is 6.61 Å². The maximum absolute atomic E-state index is 12.3. The van der Waals surface area contributed by atoms with E-state index in [4.69, 9.17) is 9.47 Å². The highest BCUT2D eigenvalue weighted by Gasteiger charge is 2.12. The molecule has 9 nitrogen and oxygen atoms in total. The number of non-ortho nitro benzene ring substituents is 1. The Morgan fingerprint density at radius 1 is 1.03 bits per heavy atom. The average molecular weight is 656 g/mol. The molecule has 1 amide bonds. The highest BCUT2D eigenvalue weighted by Crippen LogP contribution is 2.36. The van der Waals surface area contributed by atoms with Gasteiger partial charge in [0, 0.05) is 16.6 Å². The highest BCUT2D eigenvalue weighted by molar-refractivity contribution is 9.11. The van der Waals surface area contributed by atoms with E-state index in [0.717, 1.165) is 4.47 Å². The number of benzene rings is 3. The van der Waals surface area contributed by atoms with Crippen LogP contribution < -0.4 is 14.9 Å². The average Bonchev–Trinajstić information content (AvgIpc) is 2.78. The molecule has 0 radical (unpaired) electrons. The predicted molar refractivity (Wildman–Crippen MR) is 135 cm³/mol. The maximum atomic E-state index is 12.3.